The summed E-state index contributed by atoms with van der Waals surface area (Å²) in [7, 11) is 0. The monoisotopic (exact) mass is 604 g/mol. The van der Waals surface area contributed by atoms with E-state index in [4.69, 9.17) is 9.47 Å². The zero-order valence-corrected chi connectivity index (χ0v) is 27.9. The minimum absolute atomic E-state index is 0.0238. The first-order valence-electron chi connectivity index (χ1n) is 16.5. The van der Waals surface area contributed by atoms with Crippen LogP contribution in [0.3, 0.4) is 0 Å². The fraction of sp³-hybridized carbons (Fsp3) is 0.268. The summed E-state index contributed by atoms with van der Waals surface area (Å²) in [6.45, 7) is 17.2. The van der Waals surface area contributed by atoms with Crippen LogP contribution in [0.5, 0.6) is 11.5 Å². The van der Waals surface area contributed by atoms with E-state index in [9.17, 15) is 0 Å². The van der Waals surface area contributed by atoms with Crippen molar-refractivity contribution in [1.82, 2.24) is 0 Å². The molecule has 0 fully saturated rings. The van der Waals surface area contributed by atoms with Gasteiger partial charge in [0.25, 0.3) is 6.71 Å². The molecule has 0 aromatic heterocycles. The quantitative estimate of drug-likeness (QED) is 0.185. The highest BCUT2D eigenvalue weighted by atomic mass is 16.6. The van der Waals surface area contributed by atoms with Crippen molar-refractivity contribution < 1.29 is 9.47 Å². The fourth-order valence-electron chi connectivity index (χ4n) is 7.39. The number of ether oxygens (including phenoxy) is 2. The number of aryl methyl sites for hydroxylation is 1. The molecule has 0 saturated carbocycles. The smallest absolute Gasteiger partial charge is 0.252 e. The topological polar surface area (TPSA) is 24.9 Å². The molecule has 0 radical (unpaired) electrons. The number of hydrogen-bond donors (Lipinski definition) is 0. The maximum Gasteiger partial charge on any atom is 0.252 e. The van der Waals surface area contributed by atoms with E-state index in [-0.39, 0.29) is 17.5 Å². The summed E-state index contributed by atoms with van der Waals surface area (Å²) in [5.74, 6) is 1.60. The van der Waals surface area contributed by atoms with Crippen LogP contribution in [0.15, 0.2) is 97.1 Å². The van der Waals surface area contributed by atoms with Crippen molar-refractivity contribution in [1.29, 1.82) is 0 Å². The standard InChI is InChI=1S/C41H41BN2O2/c1-26-22-35-39-36(23-26)44(30-17-19-37-38(25-30)46-21-20-45-37)33-11-9-8-10-31(33)42(39)32-24-28(41(5,6)7)14-18-34(32)43(35)29-15-12-27(13-16-29)40(2,3)4/h8-19,22-25H,20-21H2,1-7H3. The molecule has 8 rings (SSSR count). The fourth-order valence-corrected chi connectivity index (χ4v) is 7.39. The van der Waals surface area contributed by atoms with Crippen molar-refractivity contribution in [2.45, 2.75) is 59.3 Å². The summed E-state index contributed by atoms with van der Waals surface area (Å²) >= 11 is 0. The summed E-state index contributed by atoms with van der Waals surface area (Å²) in [5.41, 5.74) is 15.1. The molecule has 0 atom stereocenters. The predicted octanol–water partition coefficient (Wildman–Crippen LogP) is 8.44. The predicted molar refractivity (Wildman–Crippen MR) is 194 cm³/mol. The number of rotatable bonds is 2. The molecule has 0 N–H and O–H groups in total. The number of para-hydroxylation sites is 1. The van der Waals surface area contributed by atoms with Gasteiger partial charge in [-0.2, -0.15) is 0 Å². The van der Waals surface area contributed by atoms with Crippen LogP contribution in [0.1, 0.15) is 58.2 Å². The lowest BCUT2D eigenvalue weighted by Gasteiger charge is -2.44. The zero-order valence-electron chi connectivity index (χ0n) is 27.9. The molecular weight excluding hydrogens is 563 g/mol. The van der Waals surface area contributed by atoms with Crippen LogP contribution in [0.4, 0.5) is 34.1 Å². The highest BCUT2D eigenvalue weighted by Gasteiger charge is 2.43. The van der Waals surface area contributed by atoms with E-state index >= 15 is 0 Å². The van der Waals surface area contributed by atoms with Crippen molar-refractivity contribution in [3.05, 3.63) is 114 Å². The van der Waals surface area contributed by atoms with Crippen molar-refractivity contribution in [3.8, 4) is 11.5 Å². The van der Waals surface area contributed by atoms with Gasteiger partial charge in [-0.15, -0.1) is 0 Å². The highest BCUT2D eigenvalue weighted by Crippen LogP contribution is 2.46. The normalized spacial score (nSPS) is 14.9. The van der Waals surface area contributed by atoms with Crippen LogP contribution < -0.4 is 35.7 Å². The molecule has 46 heavy (non-hydrogen) atoms. The molecule has 0 unspecified atom stereocenters. The second-order valence-electron chi connectivity index (χ2n) is 15.0. The lowest BCUT2D eigenvalue weighted by Crippen LogP contribution is -2.61. The number of hydrogen-bond acceptors (Lipinski definition) is 4. The number of benzene rings is 5. The van der Waals surface area contributed by atoms with E-state index in [1.54, 1.807) is 0 Å². The molecular formula is C41H41BN2O2. The molecule has 3 heterocycles. The SMILES string of the molecule is Cc1cc2c3c(c1)N(c1ccc(C(C)(C)C)cc1)c1ccc(C(C)(C)C)cc1B3c1ccccc1N2c1ccc2c(c1)OCCO2. The molecule has 0 spiro atoms. The van der Waals surface area contributed by atoms with Gasteiger partial charge in [0.05, 0.1) is 5.69 Å². The number of anilines is 6. The minimum Gasteiger partial charge on any atom is -0.486 e. The largest absolute Gasteiger partial charge is 0.486 e. The van der Waals surface area contributed by atoms with Gasteiger partial charge in [0.15, 0.2) is 11.5 Å². The molecule has 5 heteroatoms. The van der Waals surface area contributed by atoms with E-state index in [0.717, 1.165) is 17.2 Å². The lowest BCUT2D eigenvalue weighted by atomic mass is 9.33. The Bertz CT molecular complexity index is 2000. The Labute approximate surface area is 273 Å². The first kappa shape index (κ1) is 28.8. The third-order valence-corrected chi connectivity index (χ3v) is 9.76. The average molecular weight is 605 g/mol. The van der Waals surface area contributed by atoms with Crippen molar-refractivity contribution in [2.75, 3.05) is 23.0 Å². The van der Waals surface area contributed by atoms with Gasteiger partial charge in [0.1, 0.15) is 13.2 Å². The maximum atomic E-state index is 6.07. The Morgan fingerprint density at radius 3 is 1.83 bits per heavy atom. The van der Waals surface area contributed by atoms with Gasteiger partial charge in [-0.25, -0.2) is 0 Å². The molecule has 3 aliphatic heterocycles. The van der Waals surface area contributed by atoms with Gasteiger partial charge >= 0.3 is 0 Å². The highest BCUT2D eigenvalue weighted by molar-refractivity contribution is 7.00. The number of nitrogens with zero attached hydrogens (tertiary/aromatic N) is 2. The van der Waals surface area contributed by atoms with Gasteiger partial charge < -0.3 is 19.3 Å². The molecule has 4 nitrogen and oxygen atoms in total. The summed E-state index contributed by atoms with van der Waals surface area (Å²) in [6.07, 6.45) is 0. The van der Waals surface area contributed by atoms with E-state index in [1.807, 2.05) is 0 Å². The van der Waals surface area contributed by atoms with Gasteiger partial charge in [-0.3, -0.25) is 0 Å². The number of fused-ring (bicyclic) bond motifs is 5. The van der Waals surface area contributed by atoms with Crippen LogP contribution in [-0.2, 0) is 10.8 Å². The van der Waals surface area contributed by atoms with Crippen molar-refractivity contribution in [3.63, 3.8) is 0 Å². The summed E-state index contributed by atoms with van der Waals surface area (Å²) in [5, 5.41) is 0. The van der Waals surface area contributed by atoms with Crippen molar-refractivity contribution >= 4 is 57.2 Å². The van der Waals surface area contributed by atoms with Gasteiger partial charge in [-0.05, 0) is 99.4 Å². The van der Waals surface area contributed by atoms with Gasteiger partial charge in [0.2, 0.25) is 0 Å². The van der Waals surface area contributed by atoms with Crippen LogP contribution in [-0.4, -0.2) is 19.9 Å². The first-order valence-corrected chi connectivity index (χ1v) is 16.5. The summed E-state index contributed by atoms with van der Waals surface area (Å²) < 4.78 is 12.0. The first-order chi connectivity index (χ1) is 22.0. The van der Waals surface area contributed by atoms with E-state index in [0.29, 0.717) is 13.2 Å². The Kier molecular flexibility index (Phi) is 6.38. The summed E-state index contributed by atoms with van der Waals surface area (Å²) in [4.78, 5) is 4.92. The van der Waals surface area contributed by atoms with E-state index in [1.165, 1.54) is 61.5 Å². The lowest BCUT2D eigenvalue weighted by molar-refractivity contribution is 0.171. The minimum atomic E-state index is 0.0238. The third kappa shape index (κ3) is 4.51. The molecule has 230 valence electrons. The molecule has 5 aromatic carbocycles. The van der Waals surface area contributed by atoms with Gasteiger partial charge in [-0.1, -0.05) is 84.0 Å². The summed E-state index contributed by atoms with van der Waals surface area (Å²) in [6, 6.07) is 36.4. The molecule has 5 aromatic rings. The Balaban J connectivity index is 1.42. The van der Waals surface area contributed by atoms with Gasteiger partial charge in [0, 0.05) is 34.5 Å². The van der Waals surface area contributed by atoms with Crippen LogP contribution in [0, 0.1) is 6.92 Å². The third-order valence-electron chi connectivity index (χ3n) is 9.76. The van der Waals surface area contributed by atoms with Crippen molar-refractivity contribution in [2.24, 2.45) is 0 Å². The molecule has 0 aliphatic carbocycles. The van der Waals surface area contributed by atoms with Crippen LogP contribution in [0.25, 0.3) is 0 Å². The second-order valence-corrected chi connectivity index (χ2v) is 15.0. The zero-order chi connectivity index (χ0) is 32.0. The Morgan fingerprint density at radius 1 is 0.543 bits per heavy atom. The molecule has 0 amide bonds. The van der Waals surface area contributed by atoms with E-state index < -0.39 is 0 Å². The maximum absolute atomic E-state index is 6.07. The Hall–Kier alpha value is -4.64. The average Bonchev–Trinajstić information content (AvgIpc) is 3.03. The van der Waals surface area contributed by atoms with E-state index in [2.05, 4.69) is 155 Å². The second kappa shape index (κ2) is 10.2. The van der Waals surface area contributed by atoms with Crippen LogP contribution >= 0.6 is 0 Å². The molecule has 0 saturated heterocycles. The Morgan fingerprint density at radius 2 is 1.13 bits per heavy atom. The van der Waals surface area contributed by atoms with Crippen LogP contribution in [0.2, 0.25) is 0 Å². The molecule has 0 bridgehead atoms. The molecule has 3 aliphatic rings.